The van der Waals surface area contributed by atoms with Gasteiger partial charge in [-0.15, -0.1) is 0 Å². The van der Waals surface area contributed by atoms with Gasteiger partial charge < -0.3 is 20.4 Å². The van der Waals surface area contributed by atoms with Gasteiger partial charge >= 0.3 is 0 Å². The monoisotopic (exact) mass is 610 g/mol. The Morgan fingerprint density at radius 1 is 0.457 bits per heavy atom. The van der Waals surface area contributed by atoms with E-state index in [0.717, 1.165) is 11.1 Å². The van der Waals surface area contributed by atoms with E-state index >= 15 is 0 Å². The fourth-order valence-corrected chi connectivity index (χ4v) is 4.99. The third-order valence-corrected chi connectivity index (χ3v) is 7.44. The molecule has 0 heterocycles. The van der Waals surface area contributed by atoms with Crippen molar-refractivity contribution in [2.45, 2.75) is 13.1 Å². The van der Waals surface area contributed by atoms with Crippen molar-refractivity contribution < 1.29 is 19.2 Å². The molecule has 4 amide bonds. The molecule has 0 radical (unpaired) electrons. The van der Waals surface area contributed by atoms with Gasteiger partial charge in [0.05, 0.1) is 22.5 Å². The van der Waals surface area contributed by atoms with Crippen LogP contribution in [0.2, 0.25) is 0 Å². The molecule has 0 fully saturated rings. The topological polar surface area (TPSA) is 98.8 Å². The van der Waals surface area contributed by atoms with Crippen molar-refractivity contribution in [1.29, 1.82) is 0 Å². The number of hydrogen-bond donors (Lipinski definition) is 2. The molecule has 0 bridgehead atoms. The lowest BCUT2D eigenvalue weighted by Gasteiger charge is -2.19. The molecule has 0 saturated heterocycles. The second kappa shape index (κ2) is 14.6. The number of carbonyl (C=O) groups excluding carboxylic acids is 4. The minimum atomic E-state index is -0.421. The van der Waals surface area contributed by atoms with Crippen LogP contribution in [0.4, 0.5) is 11.4 Å². The molecule has 0 saturated carbocycles. The number of amides is 4. The van der Waals surface area contributed by atoms with E-state index in [2.05, 4.69) is 10.6 Å². The zero-order chi connectivity index (χ0) is 32.5. The van der Waals surface area contributed by atoms with E-state index < -0.39 is 11.8 Å². The summed E-state index contributed by atoms with van der Waals surface area (Å²) < 4.78 is 0. The van der Waals surface area contributed by atoms with Crippen LogP contribution in [-0.4, -0.2) is 47.5 Å². The van der Waals surface area contributed by atoms with Crippen LogP contribution in [0.25, 0.3) is 0 Å². The molecule has 5 aromatic rings. The largest absolute Gasteiger partial charge is 0.337 e. The number of anilines is 2. The molecule has 0 unspecified atom stereocenters. The van der Waals surface area contributed by atoms with Crippen LogP contribution >= 0.6 is 0 Å². The molecule has 46 heavy (non-hydrogen) atoms. The number of benzene rings is 5. The third-order valence-electron chi connectivity index (χ3n) is 7.44. The average molecular weight is 611 g/mol. The lowest BCUT2D eigenvalue weighted by atomic mass is 10.1. The highest BCUT2D eigenvalue weighted by molar-refractivity contribution is 6.11. The molecule has 0 aromatic heterocycles. The fraction of sp³-hybridized carbons (Fsp3) is 0.105. The molecule has 0 aliphatic heterocycles. The number of hydrogen-bond acceptors (Lipinski definition) is 4. The van der Waals surface area contributed by atoms with Crippen molar-refractivity contribution in [1.82, 2.24) is 9.80 Å². The van der Waals surface area contributed by atoms with E-state index in [9.17, 15) is 19.2 Å². The van der Waals surface area contributed by atoms with Crippen LogP contribution < -0.4 is 10.6 Å². The van der Waals surface area contributed by atoms with Crippen molar-refractivity contribution in [3.63, 3.8) is 0 Å². The molecule has 230 valence electrons. The molecule has 0 aliphatic carbocycles. The van der Waals surface area contributed by atoms with Crippen LogP contribution in [0.5, 0.6) is 0 Å². The van der Waals surface area contributed by atoms with E-state index in [1.165, 1.54) is 0 Å². The van der Waals surface area contributed by atoms with Crippen molar-refractivity contribution >= 4 is 35.0 Å². The van der Waals surface area contributed by atoms with Gasteiger partial charge in [0, 0.05) is 38.3 Å². The Bertz CT molecular complexity index is 1700. The van der Waals surface area contributed by atoms with Crippen LogP contribution in [0.3, 0.4) is 0 Å². The molecule has 5 aromatic carbocycles. The summed E-state index contributed by atoms with van der Waals surface area (Å²) in [7, 11) is 3.43. The minimum absolute atomic E-state index is 0.225. The molecule has 0 atom stereocenters. The van der Waals surface area contributed by atoms with Gasteiger partial charge in [0.25, 0.3) is 23.6 Å². The van der Waals surface area contributed by atoms with Crippen molar-refractivity contribution in [3.05, 3.63) is 167 Å². The quantitative estimate of drug-likeness (QED) is 0.183. The van der Waals surface area contributed by atoms with Gasteiger partial charge in [-0.25, -0.2) is 0 Å². The second-order valence-electron chi connectivity index (χ2n) is 10.9. The molecule has 8 nitrogen and oxygen atoms in total. The van der Waals surface area contributed by atoms with Crippen molar-refractivity contribution in [2.24, 2.45) is 0 Å². The zero-order valence-electron chi connectivity index (χ0n) is 25.6. The predicted molar refractivity (Wildman–Crippen MR) is 180 cm³/mol. The zero-order valence-corrected chi connectivity index (χ0v) is 25.6. The highest BCUT2D eigenvalue weighted by atomic mass is 16.2. The average Bonchev–Trinajstić information content (AvgIpc) is 3.09. The summed E-state index contributed by atoms with van der Waals surface area (Å²) in [5.41, 5.74) is 4.13. The lowest BCUT2D eigenvalue weighted by molar-refractivity contribution is 0.0778. The van der Waals surface area contributed by atoms with E-state index in [4.69, 9.17) is 0 Å². The molecule has 8 heteroatoms. The Balaban J connectivity index is 1.23. The summed E-state index contributed by atoms with van der Waals surface area (Å²) in [6, 6.07) is 39.2. The van der Waals surface area contributed by atoms with E-state index in [1.807, 2.05) is 60.7 Å². The van der Waals surface area contributed by atoms with Gasteiger partial charge in [-0.05, 0) is 59.7 Å². The highest BCUT2D eigenvalue weighted by Crippen LogP contribution is 2.21. The Morgan fingerprint density at radius 2 is 0.783 bits per heavy atom. The Kier molecular flexibility index (Phi) is 9.99. The van der Waals surface area contributed by atoms with Gasteiger partial charge in [0.15, 0.2) is 0 Å². The number of para-hydroxylation sites is 2. The Morgan fingerprint density at radius 3 is 1.15 bits per heavy atom. The number of nitrogens with zero attached hydrogens (tertiary/aromatic N) is 2. The van der Waals surface area contributed by atoms with E-state index in [-0.39, 0.29) is 11.8 Å². The number of rotatable bonds is 10. The highest BCUT2D eigenvalue weighted by Gasteiger charge is 2.20. The second-order valence-corrected chi connectivity index (χ2v) is 10.9. The minimum Gasteiger partial charge on any atom is -0.337 e. The fourth-order valence-electron chi connectivity index (χ4n) is 4.99. The van der Waals surface area contributed by atoms with Crippen LogP contribution in [0, 0.1) is 0 Å². The summed E-state index contributed by atoms with van der Waals surface area (Å²) in [5, 5.41) is 5.67. The van der Waals surface area contributed by atoms with Crippen LogP contribution in [-0.2, 0) is 13.1 Å². The molecule has 0 spiro atoms. The first-order valence-corrected chi connectivity index (χ1v) is 14.8. The summed E-state index contributed by atoms with van der Waals surface area (Å²) in [5.74, 6) is -1.29. The van der Waals surface area contributed by atoms with Gasteiger partial charge in [-0.3, -0.25) is 19.2 Å². The first-order chi connectivity index (χ1) is 22.3. The molecular weight excluding hydrogens is 576 g/mol. The number of carbonyl (C=O) groups is 4. The van der Waals surface area contributed by atoms with Gasteiger partial charge in [-0.2, -0.15) is 0 Å². The standard InChI is InChI=1S/C38H34N4O4/c1-41(25-27-13-5-3-6-14-27)37(45)31-17-9-11-19-33(31)39-35(43)29-21-23-30(24-22-29)36(44)40-34-20-12-10-18-32(34)38(46)42(2)26-28-15-7-4-8-16-28/h3-24H,25-26H2,1-2H3,(H,39,43)(H,40,44). The first kappa shape index (κ1) is 31.4. The SMILES string of the molecule is CN(Cc1ccccc1)C(=O)c1ccccc1NC(=O)c1ccc(C(=O)Nc2ccccc2C(=O)N(C)Cc2ccccc2)cc1. The van der Waals surface area contributed by atoms with Crippen molar-refractivity contribution in [3.8, 4) is 0 Å². The predicted octanol–water partition coefficient (Wildman–Crippen LogP) is 6.74. The smallest absolute Gasteiger partial charge is 0.256 e. The van der Waals surface area contributed by atoms with Gasteiger partial charge in [0.1, 0.15) is 0 Å². The number of nitrogens with one attached hydrogen (secondary N) is 2. The molecule has 0 aliphatic rings. The third kappa shape index (κ3) is 7.73. The van der Waals surface area contributed by atoms with Crippen LogP contribution in [0.15, 0.2) is 133 Å². The van der Waals surface area contributed by atoms with E-state index in [0.29, 0.717) is 46.7 Å². The maximum atomic E-state index is 13.2. The van der Waals surface area contributed by atoms with Crippen molar-refractivity contribution in [2.75, 3.05) is 24.7 Å². The summed E-state index contributed by atoms with van der Waals surface area (Å²) in [6.45, 7) is 0.850. The normalized spacial score (nSPS) is 10.5. The lowest BCUT2D eigenvalue weighted by Crippen LogP contribution is -2.27. The molecule has 2 N–H and O–H groups in total. The van der Waals surface area contributed by atoms with Gasteiger partial charge in [0.2, 0.25) is 0 Å². The summed E-state index contributed by atoms with van der Waals surface area (Å²) in [4.78, 5) is 56.0. The van der Waals surface area contributed by atoms with E-state index in [1.54, 1.807) is 96.7 Å². The van der Waals surface area contributed by atoms with Gasteiger partial charge in [-0.1, -0.05) is 84.9 Å². The Labute approximate surface area is 268 Å². The summed E-state index contributed by atoms with van der Waals surface area (Å²) in [6.07, 6.45) is 0. The first-order valence-electron chi connectivity index (χ1n) is 14.8. The molecule has 5 rings (SSSR count). The maximum absolute atomic E-state index is 13.2. The summed E-state index contributed by atoms with van der Waals surface area (Å²) >= 11 is 0. The maximum Gasteiger partial charge on any atom is 0.256 e. The Hall–Kier alpha value is -6.02. The van der Waals surface area contributed by atoms with Crippen LogP contribution in [0.1, 0.15) is 52.6 Å². The molecular formula is C38H34N4O4.